The summed E-state index contributed by atoms with van der Waals surface area (Å²) < 4.78 is 18.2. The highest BCUT2D eigenvalue weighted by atomic mass is 19.1. The van der Waals surface area contributed by atoms with Crippen LogP contribution in [0.15, 0.2) is 47.1 Å². The zero-order chi connectivity index (χ0) is 13.2. The van der Waals surface area contributed by atoms with E-state index in [-0.39, 0.29) is 17.8 Å². The first-order valence-electron chi connectivity index (χ1n) is 6.33. The summed E-state index contributed by atoms with van der Waals surface area (Å²) in [5, 5.41) is 0. The summed E-state index contributed by atoms with van der Waals surface area (Å²) in [6.07, 6.45) is 3.64. The monoisotopic (exact) mass is 259 g/mol. The van der Waals surface area contributed by atoms with Crippen molar-refractivity contribution in [2.75, 3.05) is 0 Å². The Morgan fingerprint density at radius 1 is 1.26 bits per heavy atom. The van der Waals surface area contributed by atoms with Crippen LogP contribution < -0.4 is 0 Å². The number of carbonyl (C=O) groups is 1. The van der Waals surface area contributed by atoms with Crippen molar-refractivity contribution < 1.29 is 13.6 Å². The molecular formula is C15H14FNO2. The second-order valence-corrected chi connectivity index (χ2v) is 4.75. The van der Waals surface area contributed by atoms with Gasteiger partial charge in [0.1, 0.15) is 11.6 Å². The molecule has 1 amide bonds. The van der Waals surface area contributed by atoms with E-state index in [0.29, 0.717) is 12.1 Å². The normalized spacial score (nSPS) is 14.4. The molecule has 3 rings (SSSR count). The van der Waals surface area contributed by atoms with Gasteiger partial charge in [0.15, 0.2) is 0 Å². The third kappa shape index (κ3) is 2.67. The molecule has 98 valence electrons. The van der Waals surface area contributed by atoms with Gasteiger partial charge in [-0.3, -0.25) is 4.79 Å². The third-order valence-corrected chi connectivity index (χ3v) is 3.25. The molecule has 0 N–H and O–H groups in total. The molecule has 0 atom stereocenters. The SMILES string of the molecule is O=C(c1ccc(F)cc1)N(Cc1ccco1)C1CC1. The summed E-state index contributed by atoms with van der Waals surface area (Å²) in [5.41, 5.74) is 0.514. The molecule has 1 aliphatic carbocycles. The van der Waals surface area contributed by atoms with Gasteiger partial charge in [-0.05, 0) is 49.2 Å². The number of carbonyl (C=O) groups excluding carboxylic acids is 1. The molecule has 0 saturated heterocycles. The lowest BCUT2D eigenvalue weighted by Gasteiger charge is -2.21. The maximum absolute atomic E-state index is 12.9. The summed E-state index contributed by atoms with van der Waals surface area (Å²) in [4.78, 5) is 14.2. The number of rotatable bonds is 4. The lowest BCUT2D eigenvalue weighted by molar-refractivity contribution is 0.0717. The van der Waals surface area contributed by atoms with Crippen LogP contribution in [0.1, 0.15) is 29.0 Å². The first-order chi connectivity index (χ1) is 9.24. The van der Waals surface area contributed by atoms with Crippen molar-refractivity contribution in [3.8, 4) is 0 Å². The van der Waals surface area contributed by atoms with Crippen LogP contribution in [0, 0.1) is 5.82 Å². The predicted octanol–water partition coefficient (Wildman–Crippen LogP) is 3.22. The van der Waals surface area contributed by atoms with Crippen molar-refractivity contribution in [1.29, 1.82) is 0 Å². The molecule has 0 radical (unpaired) electrons. The van der Waals surface area contributed by atoms with Crippen LogP contribution in [0.3, 0.4) is 0 Å². The number of benzene rings is 1. The summed E-state index contributed by atoms with van der Waals surface area (Å²) in [7, 11) is 0. The first kappa shape index (κ1) is 12.0. The van der Waals surface area contributed by atoms with Crippen molar-refractivity contribution in [2.45, 2.75) is 25.4 Å². The minimum atomic E-state index is -0.333. The highest BCUT2D eigenvalue weighted by molar-refractivity contribution is 5.94. The van der Waals surface area contributed by atoms with E-state index in [4.69, 9.17) is 4.42 Å². The lowest BCUT2D eigenvalue weighted by Crippen LogP contribution is -2.32. The van der Waals surface area contributed by atoms with Gasteiger partial charge in [-0.1, -0.05) is 0 Å². The van der Waals surface area contributed by atoms with E-state index >= 15 is 0 Å². The second-order valence-electron chi connectivity index (χ2n) is 4.75. The molecule has 1 fully saturated rings. The van der Waals surface area contributed by atoms with Crippen molar-refractivity contribution in [3.05, 3.63) is 59.8 Å². The summed E-state index contributed by atoms with van der Waals surface area (Å²) >= 11 is 0. The molecule has 2 aromatic rings. The van der Waals surface area contributed by atoms with E-state index in [2.05, 4.69) is 0 Å². The summed E-state index contributed by atoms with van der Waals surface area (Å²) in [5.74, 6) is 0.363. The Labute approximate surface area is 110 Å². The Kier molecular flexibility index (Phi) is 3.07. The van der Waals surface area contributed by atoms with E-state index in [1.807, 2.05) is 12.1 Å². The highest BCUT2D eigenvalue weighted by Crippen LogP contribution is 2.29. The van der Waals surface area contributed by atoms with Gasteiger partial charge >= 0.3 is 0 Å². The minimum Gasteiger partial charge on any atom is -0.467 e. The van der Waals surface area contributed by atoms with Crippen LogP contribution in [-0.2, 0) is 6.54 Å². The predicted molar refractivity (Wildman–Crippen MR) is 68.0 cm³/mol. The van der Waals surface area contributed by atoms with Gasteiger partial charge in [0, 0.05) is 11.6 Å². The number of furan rings is 1. The molecule has 1 aromatic carbocycles. The lowest BCUT2D eigenvalue weighted by atomic mass is 10.2. The number of halogens is 1. The first-order valence-corrected chi connectivity index (χ1v) is 6.33. The Morgan fingerprint density at radius 3 is 2.58 bits per heavy atom. The average Bonchev–Trinajstić information content (AvgIpc) is 3.13. The van der Waals surface area contributed by atoms with Gasteiger partial charge in [-0.2, -0.15) is 0 Å². The number of hydrogen-bond acceptors (Lipinski definition) is 2. The molecule has 0 aliphatic heterocycles. The van der Waals surface area contributed by atoms with E-state index in [0.717, 1.165) is 18.6 Å². The van der Waals surface area contributed by atoms with Gasteiger partial charge < -0.3 is 9.32 Å². The van der Waals surface area contributed by atoms with Crippen molar-refractivity contribution in [1.82, 2.24) is 4.90 Å². The zero-order valence-corrected chi connectivity index (χ0v) is 10.4. The third-order valence-electron chi connectivity index (χ3n) is 3.25. The molecule has 19 heavy (non-hydrogen) atoms. The Morgan fingerprint density at radius 2 is 2.00 bits per heavy atom. The van der Waals surface area contributed by atoms with Gasteiger partial charge in [-0.15, -0.1) is 0 Å². The molecule has 3 nitrogen and oxygen atoms in total. The van der Waals surface area contributed by atoms with E-state index in [9.17, 15) is 9.18 Å². The smallest absolute Gasteiger partial charge is 0.254 e. The molecule has 1 heterocycles. The van der Waals surface area contributed by atoms with Gasteiger partial charge in [0.05, 0.1) is 12.8 Å². The Balaban J connectivity index is 1.79. The van der Waals surface area contributed by atoms with Gasteiger partial charge in [0.25, 0.3) is 5.91 Å². The average molecular weight is 259 g/mol. The molecule has 1 saturated carbocycles. The van der Waals surface area contributed by atoms with Crippen molar-refractivity contribution in [3.63, 3.8) is 0 Å². The zero-order valence-electron chi connectivity index (χ0n) is 10.4. The Bertz CT molecular complexity index is 558. The molecule has 0 unspecified atom stereocenters. The summed E-state index contributed by atoms with van der Waals surface area (Å²) in [6, 6.07) is 9.61. The fourth-order valence-electron chi connectivity index (χ4n) is 2.08. The summed E-state index contributed by atoms with van der Waals surface area (Å²) in [6.45, 7) is 0.466. The minimum absolute atomic E-state index is 0.0705. The van der Waals surface area contributed by atoms with Crippen LogP contribution >= 0.6 is 0 Å². The topological polar surface area (TPSA) is 33.5 Å². The fourth-order valence-corrected chi connectivity index (χ4v) is 2.08. The highest BCUT2D eigenvalue weighted by Gasteiger charge is 2.33. The van der Waals surface area contributed by atoms with E-state index < -0.39 is 0 Å². The molecule has 0 bridgehead atoms. The van der Waals surface area contributed by atoms with Crippen molar-refractivity contribution >= 4 is 5.91 Å². The van der Waals surface area contributed by atoms with Crippen molar-refractivity contribution in [2.24, 2.45) is 0 Å². The molecule has 1 aromatic heterocycles. The quantitative estimate of drug-likeness (QED) is 0.844. The fraction of sp³-hybridized carbons (Fsp3) is 0.267. The second kappa shape index (κ2) is 4.88. The van der Waals surface area contributed by atoms with Crippen LogP contribution in [0.2, 0.25) is 0 Å². The van der Waals surface area contributed by atoms with E-state index in [1.54, 1.807) is 11.2 Å². The standard InChI is InChI=1S/C15H14FNO2/c16-12-5-3-11(4-6-12)15(18)17(13-7-8-13)10-14-2-1-9-19-14/h1-6,9,13H,7-8,10H2. The van der Waals surface area contributed by atoms with Crippen LogP contribution in [0.25, 0.3) is 0 Å². The molecular weight excluding hydrogens is 245 g/mol. The largest absolute Gasteiger partial charge is 0.467 e. The number of hydrogen-bond donors (Lipinski definition) is 0. The van der Waals surface area contributed by atoms with Crippen LogP contribution in [-0.4, -0.2) is 16.8 Å². The maximum Gasteiger partial charge on any atom is 0.254 e. The Hall–Kier alpha value is -2.10. The maximum atomic E-state index is 12.9. The molecule has 1 aliphatic rings. The van der Waals surface area contributed by atoms with Gasteiger partial charge in [-0.25, -0.2) is 4.39 Å². The molecule has 0 spiro atoms. The number of nitrogens with zero attached hydrogens (tertiary/aromatic N) is 1. The van der Waals surface area contributed by atoms with Crippen LogP contribution in [0.5, 0.6) is 0 Å². The van der Waals surface area contributed by atoms with E-state index in [1.165, 1.54) is 24.3 Å². The number of amides is 1. The van der Waals surface area contributed by atoms with Crippen LogP contribution in [0.4, 0.5) is 4.39 Å². The molecule has 4 heteroatoms. The van der Waals surface area contributed by atoms with Gasteiger partial charge in [0.2, 0.25) is 0 Å².